The molecule has 21 heavy (non-hydrogen) atoms. The zero-order chi connectivity index (χ0) is 15.3. The van der Waals surface area contributed by atoms with Crippen LogP contribution in [-0.4, -0.2) is 11.2 Å². The van der Waals surface area contributed by atoms with Crippen LogP contribution in [0.2, 0.25) is 0 Å². The Hall–Kier alpha value is -0.560. The molecule has 2 aliphatic carbocycles. The summed E-state index contributed by atoms with van der Waals surface area (Å²) in [6.45, 7) is 11.9. The zero-order valence-corrected chi connectivity index (χ0v) is 14.6. The summed E-state index contributed by atoms with van der Waals surface area (Å²) < 4.78 is 6.47. The van der Waals surface area contributed by atoms with Crippen LogP contribution in [0.5, 0.6) is 0 Å². The second-order valence-electron chi connectivity index (χ2n) is 8.49. The van der Waals surface area contributed by atoms with E-state index in [0.29, 0.717) is 0 Å². The molecule has 0 unspecified atom stereocenters. The largest absolute Gasteiger partial charge is 0.362 e. The van der Waals surface area contributed by atoms with E-state index in [9.17, 15) is 0 Å². The maximum Gasteiger partial charge on any atom is 0.103 e. The number of fused-ring (bicyclic) bond motifs is 1. The SMILES string of the molecule is C/C1=C\C[C@H]2CC[C@]3(C)O[C@]3(CC/C(C)=C/CC1)C2(C)C. The summed E-state index contributed by atoms with van der Waals surface area (Å²) in [7, 11) is 0. The van der Waals surface area contributed by atoms with E-state index in [4.69, 9.17) is 4.74 Å². The lowest BCUT2D eigenvalue weighted by Crippen LogP contribution is -2.48. The van der Waals surface area contributed by atoms with Crippen molar-refractivity contribution in [3.05, 3.63) is 23.3 Å². The number of epoxide rings is 1. The van der Waals surface area contributed by atoms with Gasteiger partial charge in [-0.3, -0.25) is 0 Å². The summed E-state index contributed by atoms with van der Waals surface area (Å²) in [5.41, 5.74) is 3.67. The average Bonchev–Trinajstić information content (AvgIpc) is 3.03. The van der Waals surface area contributed by atoms with Gasteiger partial charge in [-0.1, -0.05) is 37.1 Å². The van der Waals surface area contributed by atoms with Crippen molar-refractivity contribution in [1.29, 1.82) is 0 Å². The molecule has 1 nitrogen and oxygen atoms in total. The quantitative estimate of drug-likeness (QED) is 0.405. The molecule has 3 rings (SSSR count). The normalized spacial score (nSPS) is 47.8. The first-order chi connectivity index (χ1) is 9.81. The van der Waals surface area contributed by atoms with Crippen molar-refractivity contribution in [1.82, 2.24) is 0 Å². The van der Waals surface area contributed by atoms with Crippen molar-refractivity contribution in [3.63, 3.8) is 0 Å². The van der Waals surface area contributed by atoms with E-state index < -0.39 is 0 Å². The van der Waals surface area contributed by atoms with Crippen molar-refractivity contribution in [2.75, 3.05) is 0 Å². The fourth-order valence-electron chi connectivity index (χ4n) is 5.08. The van der Waals surface area contributed by atoms with Gasteiger partial charge in [-0.15, -0.1) is 0 Å². The zero-order valence-electron chi connectivity index (χ0n) is 14.6. The molecule has 118 valence electrons. The van der Waals surface area contributed by atoms with Gasteiger partial charge < -0.3 is 4.74 Å². The fraction of sp³-hybridized carbons (Fsp3) is 0.800. The predicted molar refractivity (Wildman–Crippen MR) is 89.3 cm³/mol. The Kier molecular flexibility index (Phi) is 3.64. The molecule has 1 heterocycles. The van der Waals surface area contributed by atoms with Gasteiger partial charge in [0.2, 0.25) is 0 Å². The van der Waals surface area contributed by atoms with Crippen molar-refractivity contribution in [3.8, 4) is 0 Å². The highest BCUT2D eigenvalue weighted by Gasteiger charge is 2.75. The number of ether oxygens (including phenoxy) is 1. The molecule has 1 heteroatoms. The molecule has 2 fully saturated rings. The number of rotatable bonds is 0. The molecule has 0 aromatic carbocycles. The smallest absolute Gasteiger partial charge is 0.103 e. The van der Waals surface area contributed by atoms with Gasteiger partial charge in [0, 0.05) is 0 Å². The minimum atomic E-state index is 0.124. The van der Waals surface area contributed by atoms with E-state index in [1.54, 1.807) is 11.1 Å². The lowest BCUT2D eigenvalue weighted by atomic mass is 9.56. The molecular weight excluding hydrogens is 256 g/mol. The highest BCUT2D eigenvalue weighted by molar-refractivity contribution is 5.25. The Labute approximate surface area is 130 Å². The molecule has 1 saturated heterocycles. The molecule has 0 aromatic rings. The van der Waals surface area contributed by atoms with E-state index >= 15 is 0 Å². The molecule has 2 bridgehead atoms. The topological polar surface area (TPSA) is 12.5 Å². The average molecular weight is 288 g/mol. The molecule has 0 radical (unpaired) electrons. The number of allylic oxidation sites excluding steroid dienone is 4. The maximum atomic E-state index is 6.47. The van der Waals surface area contributed by atoms with Gasteiger partial charge >= 0.3 is 0 Å². The standard InChI is InChI=1S/C20H32O/c1-15-7-6-8-16(2)11-14-20-18(3,4)17(10-9-15)12-13-19(20,5)21-20/h8-9,17H,6-7,10-14H2,1-5H3/b15-9+,16-8+/t17-,19-,20+/m0/s1. The van der Waals surface area contributed by atoms with Crippen molar-refractivity contribution < 1.29 is 4.74 Å². The van der Waals surface area contributed by atoms with Crippen LogP contribution in [0.3, 0.4) is 0 Å². The first-order valence-electron chi connectivity index (χ1n) is 8.82. The summed E-state index contributed by atoms with van der Waals surface area (Å²) in [5.74, 6) is 0.770. The Bertz CT molecular complexity index is 484. The summed E-state index contributed by atoms with van der Waals surface area (Å²) in [6.07, 6.45) is 13.6. The summed E-state index contributed by atoms with van der Waals surface area (Å²) in [5, 5.41) is 0. The van der Waals surface area contributed by atoms with Crippen LogP contribution in [0.25, 0.3) is 0 Å². The van der Waals surface area contributed by atoms with E-state index in [-0.39, 0.29) is 16.6 Å². The minimum absolute atomic E-state index is 0.124. The van der Waals surface area contributed by atoms with E-state index in [1.165, 1.54) is 44.9 Å². The highest BCUT2D eigenvalue weighted by Crippen LogP contribution is 2.69. The molecule has 1 aliphatic heterocycles. The Morgan fingerprint density at radius 2 is 1.71 bits per heavy atom. The fourth-order valence-corrected chi connectivity index (χ4v) is 5.08. The van der Waals surface area contributed by atoms with Gasteiger partial charge in [-0.2, -0.15) is 0 Å². The maximum absolute atomic E-state index is 6.47. The third kappa shape index (κ3) is 2.32. The first kappa shape index (κ1) is 15.3. The highest BCUT2D eigenvalue weighted by atomic mass is 16.6. The molecule has 3 aliphatic rings. The number of hydrogen-bond acceptors (Lipinski definition) is 1. The van der Waals surface area contributed by atoms with Gasteiger partial charge in [0.25, 0.3) is 0 Å². The summed E-state index contributed by atoms with van der Waals surface area (Å²) in [6, 6.07) is 0. The molecule has 3 atom stereocenters. The third-order valence-electron chi connectivity index (χ3n) is 6.90. The van der Waals surface area contributed by atoms with Crippen LogP contribution in [0, 0.1) is 11.3 Å². The summed E-state index contributed by atoms with van der Waals surface area (Å²) in [4.78, 5) is 0. The Balaban J connectivity index is 1.93. The van der Waals surface area contributed by atoms with Crippen LogP contribution < -0.4 is 0 Å². The Morgan fingerprint density at radius 3 is 2.48 bits per heavy atom. The molecular formula is C20H32O. The predicted octanol–water partition coefficient (Wildman–Crippen LogP) is 5.81. The van der Waals surface area contributed by atoms with Crippen LogP contribution in [-0.2, 0) is 4.74 Å². The van der Waals surface area contributed by atoms with Gasteiger partial charge in [-0.05, 0) is 77.0 Å². The molecule has 1 saturated carbocycles. The van der Waals surface area contributed by atoms with E-state index in [0.717, 1.165) is 5.92 Å². The second-order valence-corrected chi connectivity index (χ2v) is 8.49. The molecule has 1 spiro atoms. The molecule has 0 aromatic heterocycles. The monoisotopic (exact) mass is 288 g/mol. The second kappa shape index (κ2) is 4.98. The number of hydrogen-bond donors (Lipinski definition) is 0. The van der Waals surface area contributed by atoms with Crippen molar-refractivity contribution in [2.24, 2.45) is 11.3 Å². The summed E-state index contributed by atoms with van der Waals surface area (Å²) >= 11 is 0. The third-order valence-corrected chi connectivity index (χ3v) is 6.90. The Morgan fingerprint density at radius 1 is 1.00 bits per heavy atom. The van der Waals surface area contributed by atoms with Gasteiger partial charge in [-0.25, -0.2) is 0 Å². The van der Waals surface area contributed by atoms with E-state index in [2.05, 4.69) is 46.8 Å². The van der Waals surface area contributed by atoms with Crippen LogP contribution >= 0.6 is 0 Å². The van der Waals surface area contributed by atoms with Crippen LogP contribution in [0.1, 0.15) is 79.6 Å². The lowest BCUT2D eigenvalue weighted by Gasteiger charge is -2.45. The van der Waals surface area contributed by atoms with Gasteiger partial charge in [0.15, 0.2) is 0 Å². The molecule has 0 N–H and O–H groups in total. The van der Waals surface area contributed by atoms with Crippen molar-refractivity contribution in [2.45, 2.75) is 90.8 Å². The van der Waals surface area contributed by atoms with Crippen LogP contribution in [0.4, 0.5) is 0 Å². The van der Waals surface area contributed by atoms with Gasteiger partial charge in [0.05, 0.1) is 5.60 Å². The first-order valence-corrected chi connectivity index (χ1v) is 8.82. The van der Waals surface area contributed by atoms with Crippen LogP contribution in [0.15, 0.2) is 23.3 Å². The minimum Gasteiger partial charge on any atom is -0.362 e. The van der Waals surface area contributed by atoms with E-state index in [1.807, 2.05) is 0 Å². The van der Waals surface area contributed by atoms with Crippen molar-refractivity contribution >= 4 is 0 Å². The lowest BCUT2D eigenvalue weighted by molar-refractivity contribution is 0.0527. The van der Waals surface area contributed by atoms with Gasteiger partial charge in [0.1, 0.15) is 5.60 Å². The molecule has 0 amide bonds.